The van der Waals surface area contributed by atoms with Crippen LogP contribution in [0, 0.1) is 6.92 Å². The fourth-order valence-corrected chi connectivity index (χ4v) is 2.01. The average molecular weight is 270 g/mol. The van der Waals surface area contributed by atoms with Gasteiger partial charge in [-0.3, -0.25) is 4.79 Å². The van der Waals surface area contributed by atoms with Crippen molar-refractivity contribution in [1.29, 1.82) is 0 Å². The summed E-state index contributed by atoms with van der Waals surface area (Å²) in [5.74, 6) is -0.325. The highest BCUT2D eigenvalue weighted by atomic mass is 16.3. The molecule has 4 heteroatoms. The topological polar surface area (TPSA) is 61.4 Å². The standard InChI is InChI=1S/C16H18N2O2/c1-11-7-8-15(19)13(9-11)16(20)18-14-6-4-3-5-12(14)10-17-2/h3-9,17,19H,10H2,1-2H3,(H,18,20). The molecule has 3 N–H and O–H groups in total. The maximum absolute atomic E-state index is 12.3. The third-order valence-corrected chi connectivity index (χ3v) is 3.03. The number of hydrogen-bond donors (Lipinski definition) is 3. The van der Waals surface area contributed by atoms with Crippen LogP contribution >= 0.6 is 0 Å². The number of carbonyl (C=O) groups is 1. The number of aryl methyl sites for hydroxylation is 1. The normalized spacial score (nSPS) is 10.3. The van der Waals surface area contributed by atoms with Gasteiger partial charge in [-0.05, 0) is 37.7 Å². The second-order valence-electron chi connectivity index (χ2n) is 4.66. The molecule has 0 radical (unpaired) electrons. The molecule has 0 atom stereocenters. The van der Waals surface area contributed by atoms with Crippen LogP contribution in [0.25, 0.3) is 0 Å². The molecule has 0 aliphatic carbocycles. The van der Waals surface area contributed by atoms with Crippen LogP contribution in [0.5, 0.6) is 5.75 Å². The van der Waals surface area contributed by atoms with Crippen molar-refractivity contribution in [3.05, 3.63) is 59.2 Å². The first kappa shape index (κ1) is 14.1. The Labute approximate surface area is 118 Å². The van der Waals surface area contributed by atoms with Gasteiger partial charge in [0, 0.05) is 12.2 Å². The summed E-state index contributed by atoms with van der Waals surface area (Å²) in [5.41, 5.74) is 2.95. The molecule has 2 rings (SSSR count). The maximum Gasteiger partial charge on any atom is 0.259 e. The molecule has 0 aliphatic rings. The number of phenols is 1. The fourth-order valence-electron chi connectivity index (χ4n) is 2.01. The van der Waals surface area contributed by atoms with Gasteiger partial charge in [0.25, 0.3) is 5.91 Å². The molecule has 0 saturated carbocycles. The second-order valence-corrected chi connectivity index (χ2v) is 4.66. The van der Waals surface area contributed by atoms with E-state index >= 15 is 0 Å². The zero-order valence-corrected chi connectivity index (χ0v) is 11.6. The van der Waals surface area contributed by atoms with Crippen molar-refractivity contribution in [3.8, 4) is 5.75 Å². The van der Waals surface area contributed by atoms with Crippen LogP contribution in [-0.4, -0.2) is 18.1 Å². The van der Waals surface area contributed by atoms with E-state index < -0.39 is 0 Å². The molecule has 0 aliphatic heterocycles. The predicted octanol–water partition coefficient (Wildman–Crippen LogP) is 2.67. The van der Waals surface area contributed by atoms with Crippen LogP contribution in [0.15, 0.2) is 42.5 Å². The quantitative estimate of drug-likeness (QED) is 0.800. The summed E-state index contributed by atoms with van der Waals surface area (Å²) < 4.78 is 0. The number of para-hydroxylation sites is 1. The molecular weight excluding hydrogens is 252 g/mol. The van der Waals surface area contributed by atoms with E-state index in [4.69, 9.17) is 0 Å². The van der Waals surface area contributed by atoms with Gasteiger partial charge >= 0.3 is 0 Å². The first-order valence-electron chi connectivity index (χ1n) is 6.45. The summed E-state index contributed by atoms with van der Waals surface area (Å²) >= 11 is 0. The van der Waals surface area contributed by atoms with Crippen LogP contribution in [0.2, 0.25) is 0 Å². The summed E-state index contributed by atoms with van der Waals surface area (Å²) in [4.78, 5) is 12.3. The minimum absolute atomic E-state index is 0.0146. The Morgan fingerprint density at radius 1 is 1.20 bits per heavy atom. The summed E-state index contributed by atoms with van der Waals surface area (Å²) in [7, 11) is 1.85. The number of aromatic hydroxyl groups is 1. The van der Waals surface area contributed by atoms with Crippen molar-refractivity contribution in [2.24, 2.45) is 0 Å². The third-order valence-electron chi connectivity index (χ3n) is 3.03. The number of rotatable bonds is 4. The number of carbonyl (C=O) groups excluding carboxylic acids is 1. The molecule has 0 heterocycles. The van der Waals surface area contributed by atoms with E-state index in [1.807, 2.05) is 38.2 Å². The molecule has 2 aromatic carbocycles. The lowest BCUT2D eigenvalue weighted by Gasteiger charge is -2.11. The molecule has 20 heavy (non-hydrogen) atoms. The van der Waals surface area contributed by atoms with Gasteiger partial charge in [-0.15, -0.1) is 0 Å². The van der Waals surface area contributed by atoms with Crippen molar-refractivity contribution < 1.29 is 9.90 Å². The van der Waals surface area contributed by atoms with E-state index in [0.29, 0.717) is 6.54 Å². The summed E-state index contributed by atoms with van der Waals surface area (Å²) in [6.07, 6.45) is 0. The summed E-state index contributed by atoms with van der Waals surface area (Å²) in [6.45, 7) is 2.54. The van der Waals surface area contributed by atoms with Gasteiger partial charge in [0.05, 0.1) is 5.56 Å². The van der Waals surface area contributed by atoms with Crippen LogP contribution in [-0.2, 0) is 6.54 Å². The van der Waals surface area contributed by atoms with Crippen molar-refractivity contribution in [2.45, 2.75) is 13.5 Å². The van der Waals surface area contributed by atoms with Gasteiger partial charge in [-0.2, -0.15) is 0 Å². The van der Waals surface area contributed by atoms with Crippen LogP contribution in [0.4, 0.5) is 5.69 Å². The Morgan fingerprint density at radius 2 is 1.95 bits per heavy atom. The predicted molar refractivity (Wildman–Crippen MR) is 80.0 cm³/mol. The lowest BCUT2D eigenvalue weighted by Crippen LogP contribution is -2.15. The zero-order chi connectivity index (χ0) is 14.5. The monoisotopic (exact) mass is 270 g/mol. The molecule has 0 aromatic heterocycles. The van der Waals surface area contributed by atoms with Crippen LogP contribution in [0.1, 0.15) is 21.5 Å². The van der Waals surface area contributed by atoms with Crippen LogP contribution < -0.4 is 10.6 Å². The molecule has 4 nitrogen and oxygen atoms in total. The minimum atomic E-state index is -0.310. The first-order valence-corrected chi connectivity index (χ1v) is 6.45. The van der Waals surface area contributed by atoms with Crippen molar-refractivity contribution in [2.75, 3.05) is 12.4 Å². The van der Waals surface area contributed by atoms with Gasteiger partial charge in [0.1, 0.15) is 5.75 Å². The Balaban J connectivity index is 2.26. The second kappa shape index (κ2) is 6.21. The average Bonchev–Trinajstić information content (AvgIpc) is 2.44. The highest BCUT2D eigenvalue weighted by Crippen LogP contribution is 2.21. The highest BCUT2D eigenvalue weighted by Gasteiger charge is 2.12. The highest BCUT2D eigenvalue weighted by molar-refractivity contribution is 6.06. The number of benzene rings is 2. The Hall–Kier alpha value is -2.33. The molecule has 2 aromatic rings. The van der Waals surface area contributed by atoms with E-state index in [0.717, 1.165) is 16.8 Å². The zero-order valence-electron chi connectivity index (χ0n) is 11.6. The molecule has 0 spiro atoms. The summed E-state index contributed by atoms with van der Waals surface area (Å²) in [6, 6.07) is 12.5. The Bertz CT molecular complexity index is 624. The Kier molecular flexibility index (Phi) is 4.38. The first-order chi connectivity index (χ1) is 9.61. The number of hydrogen-bond acceptors (Lipinski definition) is 3. The lowest BCUT2D eigenvalue weighted by molar-refractivity contribution is 0.102. The molecule has 0 fully saturated rings. The molecule has 104 valence electrons. The van der Waals surface area contributed by atoms with Gasteiger partial charge in [-0.1, -0.05) is 29.8 Å². The summed E-state index contributed by atoms with van der Waals surface area (Å²) in [5, 5.41) is 15.7. The van der Waals surface area contributed by atoms with Gasteiger partial charge in [0.2, 0.25) is 0 Å². The van der Waals surface area contributed by atoms with Gasteiger partial charge in [-0.25, -0.2) is 0 Å². The van der Waals surface area contributed by atoms with E-state index in [-0.39, 0.29) is 17.2 Å². The number of amides is 1. The number of phenolic OH excluding ortho intramolecular Hbond substituents is 1. The van der Waals surface area contributed by atoms with E-state index in [2.05, 4.69) is 10.6 Å². The minimum Gasteiger partial charge on any atom is -0.507 e. The fraction of sp³-hybridized carbons (Fsp3) is 0.188. The van der Waals surface area contributed by atoms with E-state index in [1.54, 1.807) is 12.1 Å². The molecule has 0 bridgehead atoms. The smallest absolute Gasteiger partial charge is 0.259 e. The molecule has 1 amide bonds. The number of anilines is 1. The molecular formula is C16H18N2O2. The molecule has 0 saturated heterocycles. The third kappa shape index (κ3) is 3.16. The van der Waals surface area contributed by atoms with Crippen molar-refractivity contribution in [1.82, 2.24) is 5.32 Å². The lowest BCUT2D eigenvalue weighted by atomic mass is 10.1. The molecule has 0 unspecified atom stereocenters. The van der Waals surface area contributed by atoms with Crippen molar-refractivity contribution >= 4 is 11.6 Å². The SMILES string of the molecule is CNCc1ccccc1NC(=O)c1cc(C)ccc1O. The number of nitrogens with one attached hydrogen (secondary N) is 2. The van der Waals surface area contributed by atoms with Crippen molar-refractivity contribution in [3.63, 3.8) is 0 Å². The van der Waals surface area contributed by atoms with E-state index in [1.165, 1.54) is 6.07 Å². The van der Waals surface area contributed by atoms with Gasteiger partial charge < -0.3 is 15.7 Å². The van der Waals surface area contributed by atoms with Gasteiger partial charge in [0.15, 0.2) is 0 Å². The maximum atomic E-state index is 12.3. The van der Waals surface area contributed by atoms with Crippen LogP contribution in [0.3, 0.4) is 0 Å². The van der Waals surface area contributed by atoms with E-state index in [9.17, 15) is 9.90 Å². The Morgan fingerprint density at radius 3 is 2.70 bits per heavy atom. The largest absolute Gasteiger partial charge is 0.507 e.